The molecule has 0 saturated heterocycles. The fourth-order valence-corrected chi connectivity index (χ4v) is 4.98. The molecule has 6 heteroatoms. The Morgan fingerprint density at radius 3 is 2.30 bits per heavy atom. The first-order chi connectivity index (χ1) is 12.9. The monoisotopic (exact) mass is 417 g/mol. The highest BCUT2D eigenvalue weighted by Gasteiger charge is 2.28. The molecule has 0 N–H and O–H groups in total. The van der Waals surface area contributed by atoms with Gasteiger partial charge in [-0.05, 0) is 29.8 Å². The number of benzene rings is 3. The Balaban J connectivity index is 2.21. The van der Waals surface area contributed by atoms with Gasteiger partial charge in [0.1, 0.15) is 4.90 Å². The number of sulfonamides is 1. The average molecular weight is 418 g/mol. The van der Waals surface area contributed by atoms with Gasteiger partial charge < -0.3 is 0 Å². The Morgan fingerprint density at radius 1 is 0.926 bits per heavy atom. The van der Waals surface area contributed by atoms with E-state index in [1.54, 1.807) is 18.2 Å². The van der Waals surface area contributed by atoms with Gasteiger partial charge in [-0.3, -0.25) is 4.31 Å². The van der Waals surface area contributed by atoms with Crippen LogP contribution in [0.4, 0.5) is 5.69 Å². The van der Waals surface area contributed by atoms with E-state index in [1.807, 2.05) is 42.5 Å². The van der Waals surface area contributed by atoms with E-state index in [9.17, 15) is 8.42 Å². The molecule has 0 aliphatic rings. The van der Waals surface area contributed by atoms with Crippen molar-refractivity contribution in [2.75, 3.05) is 10.8 Å². The zero-order valence-corrected chi connectivity index (χ0v) is 16.7. The molecular weight excluding hydrogens is 401 g/mol. The molecule has 0 unspecified atom stereocenters. The summed E-state index contributed by atoms with van der Waals surface area (Å²) in [5, 5.41) is 0.415. The predicted molar refractivity (Wildman–Crippen MR) is 113 cm³/mol. The first-order valence-corrected chi connectivity index (χ1v) is 10.4. The maximum absolute atomic E-state index is 13.4. The molecule has 3 nitrogen and oxygen atoms in total. The highest BCUT2D eigenvalue weighted by Crippen LogP contribution is 2.36. The Labute approximate surface area is 169 Å². The van der Waals surface area contributed by atoms with Gasteiger partial charge >= 0.3 is 0 Å². The van der Waals surface area contributed by atoms with Gasteiger partial charge in [0.05, 0.1) is 17.3 Å². The molecule has 0 atom stereocenters. The highest BCUT2D eigenvalue weighted by molar-refractivity contribution is 7.93. The maximum atomic E-state index is 13.4. The summed E-state index contributed by atoms with van der Waals surface area (Å²) in [6, 6.07) is 21.3. The van der Waals surface area contributed by atoms with Crippen LogP contribution in [0.3, 0.4) is 0 Å². The fourth-order valence-electron chi connectivity index (χ4n) is 2.79. The van der Waals surface area contributed by atoms with Crippen molar-refractivity contribution >= 4 is 38.9 Å². The van der Waals surface area contributed by atoms with Gasteiger partial charge in [0, 0.05) is 10.6 Å². The zero-order chi connectivity index (χ0) is 19.4. The SMILES string of the molecule is C=CCN(c1ccccc1-c1ccccc1)S(=O)(=O)c1cc(Cl)ccc1Cl. The van der Waals surface area contributed by atoms with Crippen molar-refractivity contribution in [3.8, 4) is 11.1 Å². The van der Waals surface area contributed by atoms with Gasteiger partial charge in [-0.25, -0.2) is 8.42 Å². The zero-order valence-electron chi connectivity index (χ0n) is 14.3. The Hall–Kier alpha value is -2.27. The van der Waals surface area contributed by atoms with Crippen LogP contribution in [0.5, 0.6) is 0 Å². The lowest BCUT2D eigenvalue weighted by Crippen LogP contribution is -2.31. The van der Waals surface area contributed by atoms with Crippen molar-refractivity contribution in [3.63, 3.8) is 0 Å². The van der Waals surface area contributed by atoms with Gasteiger partial charge in [-0.2, -0.15) is 0 Å². The number of anilines is 1. The molecule has 0 aliphatic carbocycles. The topological polar surface area (TPSA) is 37.4 Å². The lowest BCUT2D eigenvalue weighted by molar-refractivity contribution is 0.593. The van der Waals surface area contributed by atoms with Crippen LogP contribution in [0.2, 0.25) is 10.0 Å². The summed E-state index contributed by atoms with van der Waals surface area (Å²) >= 11 is 12.2. The quantitative estimate of drug-likeness (QED) is 0.458. The first-order valence-electron chi connectivity index (χ1n) is 8.18. The molecular formula is C21H17Cl2NO2S. The van der Waals surface area contributed by atoms with Crippen LogP contribution >= 0.6 is 23.2 Å². The Morgan fingerprint density at radius 2 is 1.59 bits per heavy atom. The second-order valence-electron chi connectivity index (χ2n) is 5.78. The van der Waals surface area contributed by atoms with E-state index in [2.05, 4.69) is 6.58 Å². The van der Waals surface area contributed by atoms with Crippen LogP contribution in [0.15, 0.2) is 90.3 Å². The molecule has 0 bridgehead atoms. The summed E-state index contributed by atoms with van der Waals surface area (Å²) in [6.07, 6.45) is 1.54. The van der Waals surface area contributed by atoms with Gasteiger partial charge in [0.15, 0.2) is 0 Å². The van der Waals surface area contributed by atoms with Crippen molar-refractivity contribution in [2.24, 2.45) is 0 Å². The Bertz CT molecular complexity index is 1070. The number of halogens is 2. The van der Waals surface area contributed by atoms with Crippen LogP contribution in [0, 0.1) is 0 Å². The molecule has 0 radical (unpaired) electrons. The van der Waals surface area contributed by atoms with E-state index in [0.717, 1.165) is 11.1 Å². The van der Waals surface area contributed by atoms with Crippen molar-refractivity contribution in [1.29, 1.82) is 0 Å². The van der Waals surface area contributed by atoms with Gasteiger partial charge in [0.2, 0.25) is 0 Å². The van der Waals surface area contributed by atoms with E-state index in [4.69, 9.17) is 23.2 Å². The van der Waals surface area contributed by atoms with Gasteiger partial charge in [-0.15, -0.1) is 6.58 Å². The predicted octanol–water partition coefficient (Wildman–Crippen LogP) is 6.04. The molecule has 138 valence electrons. The van der Waals surface area contributed by atoms with E-state index in [1.165, 1.54) is 22.5 Å². The summed E-state index contributed by atoms with van der Waals surface area (Å²) in [6.45, 7) is 3.80. The lowest BCUT2D eigenvalue weighted by atomic mass is 10.0. The van der Waals surface area contributed by atoms with Crippen LogP contribution in [0.25, 0.3) is 11.1 Å². The van der Waals surface area contributed by atoms with Crippen LogP contribution in [-0.4, -0.2) is 15.0 Å². The highest BCUT2D eigenvalue weighted by atomic mass is 35.5. The maximum Gasteiger partial charge on any atom is 0.266 e. The fraction of sp³-hybridized carbons (Fsp3) is 0.0476. The second kappa shape index (κ2) is 8.17. The van der Waals surface area contributed by atoms with Crippen molar-refractivity contribution in [2.45, 2.75) is 4.90 Å². The molecule has 3 aromatic rings. The van der Waals surface area contributed by atoms with Crippen molar-refractivity contribution < 1.29 is 8.42 Å². The van der Waals surface area contributed by atoms with E-state index >= 15 is 0 Å². The van der Waals surface area contributed by atoms with E-state index in [-0.39, 0.29) is 16.5 Å². The van der Waals surface area contributed by atoms with Crippen LogP contribution < -0.4 is 4.31 Å². The summed E-state index contributed by atoms with van der Waals surface area (Å²) in [4.78, 5) is -0.0404. The Kier molecular flexibility index (Phi) is 5.90. The largest absolute Gasteiger partial charge is 0.266 e. The van der Waals surface area contributed by atoms with Crippen LogP contribution in [-0.2, 0) is 10.0 Å². The third-order valence-corrected chi connectivity index (χ3v) is 6.51. The number of para-hydroxylation sites is 1. The number of nitrogens with zero attached hydrogens (tertiary/aromatic N) is 1. The van der Waals surface area contributed by atoms with Gasteiger partial charge in [-0.1, -0.05) is 77.8 Å². The second-order valence-corrected chi connectivity index (χ2v) is 8.46. The molecule has 3 aromatic carbocycles. The van der Waals surface area contributed by atoms with E-state index < -0.39 is 10.0 Å². The van der Waals surface area contributed by atoms with E-state index in [0.29, 0.717) is 10.7 Å². The lowest BCUT2D eigenvalue weighted by Gasteiger charge is -2.26. The summed E-state index contributed by atoms with van der Waals surface area (Å²) < 4.78 is 28.1. The third kappa shape index (κ3) is 4.03. The van der Waals surface area contributed by atoms with Crippen LogP contribution in [0.1, 0.15) is 0 Å². The minimum absolute atomic E-state index is 0.0404. The smallest absolute Gasteiger partial charge is 0.262 e. The summed E-state index contributed by atoms with van der Waals surface area (Å²) in [5.41, 5.74) is 2.25. The molecule has 27 heavy (non-hydrogen) atoms. The molecule has 0 aromatic heterocycles. The summed E-state index contributed by atoms with van der Waals surface area (Å²) in [5.74, 6) is 0. The third-order valence-electron chi connectivity index (χ3n) is 4.01. The molecule has 0 heterocycles. The number of rotatable bonds is 6. The molecule has 0 amide bonds. The first kappa shape index (κ1) is 19.5. The molecule has 0 spiro atoms. The normalized spacial score (nSPS) is 11.2. The average Bonchev–Trinajstić information content (AvgIpc) is 2.68. The number of hydrogen-bond donors (Lipinski definition) is 0. The van der Waals surface area contributed by atoms with Crippen molar-refractivity contribution in [1.82, 2.24) is 0 Å². The minimum Gasteiger partial charge on any atom is -0.262 e. The molecule has 0 fully saturated rings. The number of hydrogen-bond acceptors (Lipinski definition) is 2. The standard InChI is InChI=1S/C21H17Cl2NO2S/c1-2-14-24(27(25,26)21-15-17(22)12-13-19(21)23)20-11-7-6-10-18(20)16-8-4-3-5-9-16/h2-13,15H,1,14H2. The van der Waals surface area contributed by atoms with Gasteiger partial charge in [0.25, 0.3) is 10.0 Å². The summed E-state index contributed by atoms with van der Waals surface area (Å²) in [7, 11) is -3.95. The van der Waals surface area contributed by atoms with Crippen molar-refractivity contribution in [3.05, 3.63) is 95.5 Å². The molecule has 0 saturated carbocycles. The molecule has 0 aliphatic heterocycles. The minimum atomic E-state index is -3.95. The molecule has 3 rings (SSSR count).